The van der Waals surface area contributed by atoms with E-state index in [0.29, 0.717) is 17.0 Å². The van der Waals surface area contributed by atoms with E-state index in [1.54, 1.807) is 32.1 Å². The smallest absolute Gasteiger partial charge is 0.392 e. The Kier molecular flexibility index (Phi) is 9.22. The van der Waals surface area contributed by atoms with Crippen molar-refractivity contribution >= 4 is 40.8 Å². The molecule has 0 spiro atoms. The number of alkyl halides is 3. The van der Waals surface area contributed by atoms with Crippen LogP contribution in [-0.4, -0.2) is 24.7 Å². The largest absolute Gasteiger partial charge is 0.466 e. The Balaban J connectivity index is 2.25. The molecule has 1 amide bonds. The fourth-order valence-electron chi connectivity index (χ4n) is 3.61. The van der Waals surface area contributed by atoms with E-state index in [1.165, 1.54) is 18.2 Å². The van der Waals surface area contributed by atoms with Crippen molar-refractivity contribution < 1.29 is 27.5 Å². The van der Waals surface area contributed by atoms with Gasteiger partial charge in [-0.15, -0.1) is 0 Å². The maximum absolute atomic E-state index is 13.5. The van der Waals surface area contributed by atoms with Crippen molar-refractivity contribution in [3.8, 4) is 0 Å². The van der Waals surface area contributed by atoms with Crippen molar-refractivity contribution in [2.45, 2.75) is 39.8 Å². The summed E-state index contributed by atoms with van der Waals surface area (Å²) in [6.07, 6.45) is 0.632. The Bertz CT molecular complexity index is 899. The lowest BCUT2D eigenvalue weighted by atomic mass is 9.78. The molecule has 0 heterocycles. The van der Waals surface area contributed by atoms with Crippen LogP contribution in [0, 0.1) is 23.7 Å². The second kappa shape index (κ2) is 11.2. The molecule has 0 aliphatic heterocycles. The molecule has 1 N–H and O–H groups in total. The molecule has 1 aromatic rings. The summed E-state index contributed by atoms with van der Waals surface area (Å²) in [5.41, 5.74) is 0.885. The predicted octanol–water partition coefficient (Wildman–Crippen LogP) is 6.53. The molecule has 176 valence electrons. The molecule has 9 heteroatoms. The fourth-order valence-corrected chi connectivity index (χ4v) is 3.93. The van der Waals surface area contributed by atoms with Crippen LogP contribution in [0.25, 0.3) is 0 Å². The van der Waals surface area contributed by atoms with Gasteiger partial charge >= 0.3 is 12.1 Å². The molecule has 32 heavy (non-hydrogen) atoms. The fraction of sp³-hybridized carbons (Fsp3) is 0.478. The van der Waals surface area contributed by atoms with Crippen molar-refractivity contribution in [1.29, 1.82) is 0 Å². The third kappa shape index (κ3) is 7.01. The highest BCUT2D eigenvalue weighted by atomic mass is 35.5. The Morgan fingerprint density at radius 3 is 2.50 bits per heavy atom. The van der Waals surface area contributed by atoms with Gasteiger partial charge in [0, 0.05) is 5.03 Å². The number of rotatable bonds is 8. The first-order chi connectivity index (χ1) is 14.9. The predicted molar refractivity (Wildman–Crippen MR) is 119 cm³/mol. The van der Waals surface area contributed by atoms with Crippen LogP contribution >= 0.6 is 23.2 Å². The van der Waals surface area contributed by atoms with Crippen LogP contribution in [0.15, 0.2) is 41.5 Å². The monoisotopic (exact) mass is 491 g/mol. The van der Waals surface area contributed by atoms with E-state index in [9.17, 15) is 22.8 Å². The van der Waals surface area contributed by atoms with Gasteiger partial charge in [0.2, 0.25) is 5.91 Å². The molecule has 1 unspecified atom stereocenters. The van der Waals surface area contributed by atoms with Crippen LogP contribution in [0.4, 0.5) is 18.9 Å². The Hall–Kier alpha value is -1.99. The van der Waals surface area contributed by atoms with Crippen LogP contribution in [0.2, 0.25) is 5.02 Å². The van der Waals surface area contributed by atoms with Gasteiger partial charge in [0.25, 0.3) is 0 Å². The molecule has 1 aliphatic carbocycles. The highest BCUT2D eigenvalue weighted by molar-refractivity contribution is 6.33. The summed E-state index contributed by atoms with van der Waals surface area (Å²) in [6, 6.07) is 4.80. The number of anilines is 1. The SMILES string of the molecule is CCOC(=O)[C@@H](C)Cc1ccc(Cl)c(NC(=O)[C@H](C2C=CC(Cl)=CC2)[C@@H](C)C(F)(F)F)c1. The zero-order valence-corrected chi connectivity index (χ0v) is 19.5. The molecule has 2 rings (SSSR count). The van der Waals surface area contributed by atoms with Gasteiger partial charge in [-0.25, -0.2) is 0 Å². The summed E-state index contributed by atoms with van der Waals surface area (Å²) >= 11 is 12.1. The lowest BCUT2D eigenvalue weighted by molar-refractivity contribution is -0.188. The van der Waals surface area contributed by atoms with E-state index in [4.69, 9.17) is 27.9 Å². The minimum Gasteiger partial charge on any atom is -0.466 e. The highest BCUT2D eigenvalue weighted by Crippen LogP contribution is 2.40. The van der Waals surface area contributed by atoms with E-state index < -0.39 is 35.8 Å². The molecule has 1 aromatic carbocycles. The summed E-state index contributed by atoms with van der Waals surface area (Å²) in [5, 5.41) is 3.17. The zero-order chi connectivity index (χ0) is 24.1. The molecule has 0 radical (unpaired) electrons. The summed E-state index contributed by atoms with van der Waals surface area (Å²) < 4.78 is 45.6. The molecule has 0 saturated heterocycles. The quantitative estimate of drug-likeness (QED) is 0.420. The molecule has 0 bridgehead atoms. The number of nitrogens with one attached hydrogen (secondary N) is 1. The van der Waals surface area contributed by atoms with Crippen molar-refractivity contribution in [1.82, 2.24) is 0 Å². The van der Waals surface area contributed by atoms with Crippen molar-refractivity contribution in [3.05, 3.63) is 52.0 Å². The van der Waals surface area contributed by atoms with E-state index in [-0.39, 0.29) is 29.7 Å². The number of ether oxygens (including phenoxy) is 1. The van der Waals surface area contributed by atoms with Gasteiger partial charge in [0.1, 0.15) is 0 Å². The molecular formula is C23H26Cl2F3NO3. The van der Waals surface area contributed by atoms with Crippen LogP contribution < -0.4 is 5.32 Å². The molecule has 0 saturated carbocycles. The van der Waals surface area contributed by atoms with Gasteiger partial charge in [-0.2, -0.15) is 13.2 Å². The molecular weight excluding hydrogens is 466 g/mol. The first-order valence-electron chi connectivity index (χ1n) is 10.3. The van der Waals surface area contributed by atoms with Crippen LogP contribution in [0.5, 0.6) is 0 Å². The maximum atomic E-state index is 13.5. The first-order valence-corrected chi connectivity index (χ1v) is 11.1. The number of carbonyl (C=O) groups excluding carboxylic acids is 2. The normalized spacial score (nSPS) is 19.0. The Labute approximate surface area is 195 Å². The van der Waals surface area contributed by atoms with Gasteiger partial charge in [0.15, 0.2) is 0 Å². The van der Waals surface area contributed by atoms with Crippen LogP contribution in [0.1, 0.15) is 32.8 Å². The third-order valence-corrected chi connectivity index (χ3v) is 6.04. The number of benzene rings is 1. The number of hydrogen-bond donors (Lipinski definition) is 1. The van der Waals surface area contributed by atoms with Gasteiger partial charge in [0.05, 0.1) is 35.1 Å². The molecule has 4 atom stereocenters. The van der Waals surface area contributed by atoms with Crippen molar-refractivity contribution in [2.75, 3.05) is 11.9 Å². The second-order valence-electron chi connectivity index (χ2n) is 7.86. The summed E-state index contributed by atoms with van der Waals surface area (Å²) in [4.78, 5) is 24.9. The number of amides is 1. The highest BCUT2D eigenvalue weighted by Gasteiger charge is 2.46. The third-order valence-electron chi connectivity index (χ3n) is 5.43. The van der Waals surface area contributed by atoms with Gasteiger partial charge in [-0.3, -0.25) is 9.59 Å². The van der Waals surface area contributed by atoms with Crippen molar-refractivity contribution in [3.63, 3.8) is 0 Å². The second-order valence-corrected chi connectivity index (χ2v) is 8.71. The molecule has 0 fully saturated rings. The van der Waals surface area contributed by atoms with E-state index in [0.717, 1.165) is 6.92 Å². The summed E-state index contributed by atoms with van der Waals surface area (Å²) in [5.74, 6) is -5.49. The number of allylic oxidation sites excluding steroid dienone is 4. The maximum Gasteiger partial charge on any atom is 0.392 e. The average Bonchev–Trinajstić information content (AvgIpc) is 2.71. The topological polar surface area (TPSA) is 55.4 Å². The first kappa shape index (κ1) is 26.3. The Morgan fingerprint density at radius 2 is 1.94 bits per heavy atom. The van der Waals surface area contributed by atoms with Crippen molar-refractivity contribution in [2.24, 2.45) is 23.7 Å². The van der Waals surface area contributed by atoms with Crippen LogP contribution in [0.3, 0.4) is 0 Å². The minimum atomic E-state index is -4.55. The van der Waals surface area contributed by atoms with E-state index in [1.807, 2.05) is 0 Å². The Morgan fingerprint density at radius 1 is 1.25 bits per heavy atom. The standard InChI is InChI=1S/C23H26Cl2F3NO3/c1-4-32-22(31)13(2)11-15-5-10-18(25)19(12-15)29-21(30)20(14(3)23(26,27)28)16-6-8-17(24)9-7-16/h5-6,8-10,12-14,16,20H,4,7,11H2,1-3H3,(H,29,30)/t13-,14+,16?,20-/m0/s1. The molecule has 4 nitrogen and oxygen atoms in total. The van der Waals surface area contributed by atoms with Gasteiger partial charge in [-0.1, -0.05) is 55.3 Å². The average molecular weight is 492 g/mol. The number of carbonyl (C=O) groups is 2. The minimum absolute atomic E-state index is 0.187. The number of halogens is 5. The van der Waals surface area contributed by atoms with Crippen LogP contribution in [-0.2, 0) is 20.7 Å². The molecule has 1 aliphatic rings. The molecule has 0 aromatic heterocycles. The van der Waals surface area contributed by atoms with E-state index >= 15 is 0 Å². The van der Waals surface area contributed by atoms with Gasteiger partial charge in [-0.05, 0) is 49.5 Å². The summed E-state index contributed by atoms with van der Waals surface area (Å²) in [7, 11) is 0. The lowest BCUT2D eigenvalue weighted by Crippen LogP contribution is -2.40. The summed E-state index contributed by atoms with van der Waals surface area (Å²) in [6.45, 7) is 4.68. The lowest BCUT2D eigenvalue weighted by Gasteiger charge is -2.31. The van der Waals surface area contributed by atoms with Gasteiger partial charge < -0.3 is 10.1 Å². The zero-order valence-electron chi connectivity index (χ0n) is 18.0. The number of esters is 1. The van der Waals surface area contributed by atoms with E-state index in [2.05, 4.69) is 5.32 Å². The number of hydrogen-bond acceptors (Lipinski definition) is 3.